The molecule has 0 fully saturated rings. The van der Waals surface area contributed by atoms with E-state index in [0.29, 0.717) is 6.61 Å². The smallest absolute Gasteiger partial charge is 0.163 e. The fraction of sp³-hybridized carbons (Fsp3) is 0.476. The zero-order chi connectivity index (χ0) is 19.2. The van der Waals surface area contributed by atoms with Crippen molar-refractivity contribution in [2.24, 2.45) is 0 Å². The van der Waals surface area contributed by atoms with Crippen molar-refractivity contribution < 1.29 is 14.2 Å². The first kappa shape index (κ1) is 22.3. The highest BCUT2D eigenvalue weighted by Gasteiger charge is 2.14. The predicted octanol–water partition coefficient (Wildman–Crippen LogP) is 4.06. The molecule has 28 heavy (non-hydrogen) atoms. The topological polar surface area (TPSA) is 59.6 Å². The van der Waals surface area contributed by atoms with E-state index in [4.69, 9.17) is 14.2 Å². The number of methoxy groups -OCH3 is 2. The number of pyridine rings is 1. The van der Waals surface area contributed by atoms with Crippen LogP contribution < -0.4 is 9.47 Å². The molecule has 0 aliphatic heterocycles. The van der Waals surface area contributed by atoms with E-state index in [1.165, 1.54) is 0 Å². The Morgan fingerprint density at radius 2 is 1.86 bits per heavy atom. The molecule has 0 radical (unpaired) electrons. The molecule has 0 spiro atoms. The van der Waals surface area contributed by atoms with Crippen molar-refractivity contribution in [3.8, 4) is 11.5 Å². The molecule has 0 atom stereocenters. The molecular formula is C21H30ClN3O3. The number of aromatic amines is 1. The van der Waals surface area contributed by atoms with Gasteiger partial charge in [0, 0.05) is 48.8 Å². The quantitative estimate of drug-likeness (QED) is 0.513. The highest BCUT2D eigenvalue weighted by Crippen LogP contribution is 2.37. The third-order valence-electron chi connectivity index (χ3n) is 4.64. The fourth-order valence-electron chi connectivity index (χ4n) is 3.33. The van der Waals surface area contributed by atoms with Gasteiger partial charge in [0.25, 0.3) is 0 Å². The van der Waals surface area contributed by atoms with Crippen molar-refractivity contribution in [3.05, 3.63) is 30.1 Å². The van der Waals surface area contributed by atoms with Crippen molar-refractivity contribution in [2.75, 3.05) is 48.1 Å². The molecule has 0 aliphatic rings. The van der Waals surface area contributed by atoms with Crippen LogP contribution >= 0.6 is 12.4 Å². The maximum absolute atomic E-state index is 5.99. The summed E-state index contributed by atoms with van der Waals surface area (Å²) in [5, 5.41) is 2.27. The summed E-state index contributed by atoms with van der Waals surface area (Å²) in [6, 6.07) is 6.10. The molecule has 2 heterocycles. The van der Waals surface area contributed by atoms with Gasteiger partial charge in [-0.25, -0.2) is 0 Å². The number of rotatable bonds is 10. The van der Waals surface area contributed by atoms with Crippen molar-refractivity contribution >= 4 is 34.2 Å². The van der Waals surface area contributed by atoms with E-state index in [1.54, 1.807) is 14.2 Å². The molecule has 3 rings (SSSR count). The Morgan fingerprint density at radius 1 is 1.04 bits per heavy atom. The van der Waals surface area contributed by atoms with Gasteiger partial charge in [0.2, 0.25) is 0 Å². The van der Waals surface area contributed by atoms with Crippen molar-refractivity contribution in [1.82, 2.24) is 14.9 Å². The molecule has 154 valence electrons. The number of nitrogens with one attached hydrogen (secondary N) is 1. The third-order valence-corrected chi connectivity index (χ3v) is 4.64. The zero-order valence-electron chi connectivity index (χ0n) is 17.1. The number of hydrogen-bond donors (Lipinski definition) is 1. The molecule has 1 N–H and O–H groups in total. The van der Waals surface area contributed by atoms with Crippen LogP contribution in [0.2, 0.25) is 0 Å². The summed E-state index contributed by atoms with van der Waals surface area (Å²) in [5.41, 5.74) is 3.20. The molecule has 0 unspecified atom stereocenters. The van der Waals surface area contributed by atoms with Crippen LogP contribution in [-0.4, -0.2) is 62.9 Å². The summed E-state index contributed by atoms with van der Waals surface area (Å²) in [7, 11) is 7.54. The Morgan fingerprint density at radius 3 is 2.57 bits per heavy atom. The fourth-order valence-corrected chi connectivity index (χ4v) is 3.33. The predicted molar refractivity (Wildman–Crippen MR) is 116 cm³/mol. The summed E-state index contributed by atoms with van der Waals surface area (Å²) < 4.78 is 16.8. The number of halogens is 1. The maximum Gasteiger partial charge on any atom is 0.163 e. The number of ether oxygens (including phenoxy) is 3. The molecule has 6 nitrogen and oxygen atoms in total. The highest BCUT2D eigenvalue weighted by atomic mass is 35.5. The summed E-state index contributed by atoms with van der Waals surface area (Å²) in [5.74, 6) is 1.52. The first-order chi connectivity index (χ1) is 13.1. The van der Waals surface area contributed by atoms with E-state index < -0.39 is 0 Å². The molecule has 0 amide bonds. The first-order valence-electron chi connectivity index (χ1n) is 9.37. The molecule has 3 aromatic rings. The number of aromatic nitrogens is 2. The third kappa shape index (κ3) is 5.07. The zero-order valence-corrected chi connectivity index (χ0v) is 17.9. The van der Waals surface area contributed by atoms with Crippen molar-refractivity contribution in [1.29, 1.82) is 0 Å². The Labute approximate surface area is 172 Å². The number of H-pyrrole nitrogens is 1. The summed E-state index contributed by atoms with van der Waals surface area (Å²) >= 11 is 0. The van der Waals surface area contributed by atoms with E-state index in [-0.39, 0.29) is 12.4 Å². The van der Waals surface area contributed by atoms with E-state index in [2.05, 4.69) is 35.0 Å². The van der Waals surface area contributed by atoms with Gasteiger partial charge in [-0.1, -0.05) is 0 Å². The van der Waals surface area contributed by atoms with Gasteiger partial charge in [-0.05, 0) is 45.5 Å². The van der Waals surface area contributed by atoms with Gasteiger partial charge < -0.3 is 24.1 Å². The van der Waals surface area contributed by atoms with Crippen LogP contribution in [0.15, 0.2) is 24.4 Å². The minimum atomic E-state index is 0. The van der Waals surface area contributed by atoms with Crippen molar-refractivity contribution in [3.63, 3.8) is 0 Å². The number of aryl methyl sites for hydroxylation is 1. The normalized spacial score (nSPS) is 11.2. The molecule has 2 aromatic heterocycles. The standard InChI is InChI=1S/C21H29N3O3.ClH/c1-24(2)10-6-12-27-20-14-18-15(13-19(20)26-4)21-16(7-5-11-25-3)22-9-8-17(21)23-18;/h8-9,13-14,23H,5-7,10-12H2,1-4H3;1H. The summed E-state index contributed by atoms with van der Waals surface area (Å²) in [6.07, 6.45) is 4.65. The average molecular weight is 408 g/mol. The highest BCUT2D eigenvalue weighted by molar-refractivity contribution is 6.09. The summed E-state index contributed by atoms with van der Waals surface area (Å²) in [4.78, 5) is 10.3. The minimum absolute atomic E-state index is 0. The van der Waals surface area contributed by atoms with Gasteiger partial charge in [-0.3, -0.25) is 4.98 Å². The molecule has 0 bridgehead atoms. The minimum Gasteiger partial charge on any atom is -0.493 e. The van der Waals surface area contributed by atoms with Crippen LogP contribution in [0, 0.1) is 0 Å². The molecular weight excluding hydrogens is 378 g/mol. The van der Waals surface area contributed by atoms with Crippen LogP contribution in [0.3, 0.4) is 0 Å². The molecule has 0 saturated heterocycles. The van der Waals surface area contributed by atoms with E-state index >= 15 is 0 Å². The van der Waals surface area contributed by atoms with Gasteiger partial charge in [0.15, 0.2) is 11.5 Å². The lowest BCUT2D eigenvalue weighted by atomic mass is 10.1. The molecule has 0 aliphatic carbocycles. The van der Waals surface area contributed by atoms with Crippen LogP contribution in [0.1, 0.15) is 18.5 Å². The number of hydrogen-bond acceptors (Lipinski definition) is 5. The van der Waals surface area contributed by atoms with E-state index in [9.17, 15) is 0 Å². The van der Waals surface area contributed by atoms with Crippen LogP contribution in [0.25, 0.3) is 21.8 Å². The Balaban J connectivity index is 0.00000280. The second kappa shape index (κ2) is 10.5. The van der Waals surface area contributed by atoms with Gasteiger partial charge in [-0.2, -0.15) is 0 Å². The van der Waals surface area contributed by atoms with Crippen LogP contribution in [0.4, 0.5) is 0 Å². The lowest BCUT2D eigenvalue weighted by Gasteiger charge is -2.13. The lowest BCUT2D eigenvalue weighted by Crippen LogP contribution is -2.15. The monoisotopic (exact) mass is 407 g/mol. The SMILES string of the molecule is COCCCc1nccc2[nH]c3cc(OCCCN(C)C)c(OC)cc3c12.Cl. The van der Waals surface area contributed by atoms with Gasteiger partial charge in [0.05, 0.1) is 24.9 Å². The molecule has 1 aromatic carbocycles. The number of nitrogens with zero attached hydrogens (tertiary/aromatic N) is 2. The summed E-state index contributed by atoms with van der Waals surface area (Å²) in [6.45, 7) is 2.38. The van der Waals surface area contributed by atoms with Crippen LogP contribution in [0.5, 0.6) is 11.5 Å². The Bertz CT molecular complexity index is 895. The second-order valence-electron chi connectivity index (χ2n) is 6.96. The van der Waals surface area contributed by atoms with Gasteiger partial charge in [-0.15, -0.1) is 12.4 Å². The maximum atomic E-state index is 5.99. The largest absolute Gasteiger partial charge is 0.493 e. The Kier molecular flexibility index (Phi) is 8.35. The van der Waals surface area contributed by atoms with Gasteiger partial charge >= 0.3 is 0 Å². The molecule has 7 heteroatoms. The van der Waals surface area contributed by atoms with E-state index in [0.717, 1.165) is 71.4 Å². The van der Waals surface area contributed by atoms with Crippen LogP contribution in [-0.2, 0) is 11.2 Å². The number of fused-ring (bicyclic) bond motifs is 3. The second-order valence-corrected chi connectivity index (χ2v) is 6.96. The van der Waals surface area contributed by atoms with Gasteiger partial charge in [0.1, 0.15) is 0 Å². The average Bonchev–Trinajstić information content (AvgIpc) is 3.02. The number of benzene rings is 1. The lowest BCUT2D eigenvalue weighted by molar-refractivity contribution is 0.195. The van der Waals surface area contributed by atoms with E-state index in [1.807, 2.05) is 18.3 Å². The Hall–Kier alpha value is -2.02. The van der Waals surface area contributed by atoms with Crippen molar-refractivity contribution in [2.45, 2.75) is 19.3 Å². The first-order valence-corrected chi connectivity index (χ1v) is 9.37. The molecule has 0 saturated carbocycles.